The predicted molar refractivity (Wildman–Crippen MR) is 66.4 cm³/mol. The van der Waals surface area contributed by atoms with E-state index in [2.05, 4.69) is 6.92 Å². The Labute approximate surface area is 99.8 Å². The predicted octanol–water partition coefficient (Wildman–Crippen LogP) is 2.66. The first-order valence-electron chi connectivity index (χ1n) is 4.93. The summed E-state index contributed by atoms with van der Waals surface area (Å²) in [5, 5.41) is 9.93. The van der Waals surface area contributed by atoms with E-state index in [0.717, 1.165) is 21.9 Å². The van der Waals surface area contributed by atoms with Crippen LogP contribution in [0.4, 0.5) is 0 Å². The molecule has 0 fully saturated rings. The second-order valence-electron chi connectivity index (χ2n) is 3.40. The van der Waals surface area contributed by atoms with Crippen LogP contribution in [0.3, 0.4) is 0 Å². The van der Waals surface area contributed by atoms with Crippen molar-refractivity contribution in [2.45, 2.75) is 30.0 Å². The third-order valence-corrected chi connectivity index (χ3v) is 3.62. The molecule has 0 bridgehead atoms. The quantitative estimate of drug-likeness (QED) is 0.784. The Morgan fingerprint density at radius 2 is 2.27 bits per heavy atom. The molecule has 84 valence electrons. The molecule has 1 aromatic rings. The number of thioether (sulfide) groups is 1. The van der Waals surface area contributed by atoms with E-state index in [1.165, 1.54) is 0 Å². The Bertz CT molecular complexity index is 319. The highest BCUT2D eigenvalue weighted by Crippen LogP contribution is 2.30. The van der Waals surface area contributed by atoms with E-state index in [1.807, 2.05) is 18.2 Å². The van der Waals surface area contributed by atoms with Crippen LogP contribution in [0.1, 0.15) is 18.9 Å². The van der Waals surface area contributed by atoms with Gasteiger partial charge in [0.2, 0.25) is 0 Å². The molecule has 0 amide bonds. The Kier molecular flexibility index (Phi) is 5.47. The second kappa shape index (κ2) is 6.38. The van der Waals surface area contributed by atoms with Gasteiger partial charge in [-0.3, -0.25) is 0 Å². The van der Waals surface area contributed by atoms with Crippen LogP contribution in [0.2, 0.25) is 5.02 Å². The summed E-state index contributed by atoms with van der Waals surface area (Å²) in [5.41, 5.74) is 6.75. The fraction of sp³-hybridized carbons (Fsp3) is 0.455. The Morgan fingerprint density at radius 1 is 1.53 bits per heavy atom. The van der Waals surface area contributed by atoms with Crippen molar-refractivity contribution in [3.05, 3.63) is 28.8 Å². The molecule has 1 unspecified atom stereocenters. The van der Waals surface area contributed by atoms with Crippen molar-refractivity contribution in [2.24, 2.45) is 5.73 Å². The van der Waals surface area contributed by atoms with Crippen molar-refractivity contribution in [3.63, 3.8) is 0 Å². The second-order valence-corrected chi connectivity index (χ2v) is 5.31. The van der Waals surface area contributed by atoms with Gasteiger partial charge in [-0.05, 0) is 24.1 Å². The molecule has 0 radical (unpaired) electrons. The maximum Gasteiger partial charge on any atom is 0.0441 e. The Morgan fingerprint density at radius 3 is 2.87 bits per heavy atom. The van der Waals surface area contributed by atoms with Gasteiger partial charge in [0, 0.05) is 28.3 Å². The molecule has 1 atom stereocenters. The number of hydrogen-bond acceptors (Lipinski definition) is 3. The number of halogens is 1. The van der Waals surface area contributed by atoms with Crippen molar-refractivity contribution in [1.82, 2.24) is 0 Å². The molecule has 0 heterocycles. The summed E-state index contributed by atoms with van der Waals surface area (Å²) in [6.07, 6.45) is 0.779. The van der Waals surface area contributed by atoms with Gasteiger partial charge in [-0.1, -0.05) is 24.6 Å². The van der Waals surface area contributed by atoms with Crippen molar-refractivity contribution in [3.8, 4) is 0 Å². The summed E-state index contributed by atoms with van der Waals surface area (Å²) in [5.74, 6) is 0. The first-order valence-corrected chi connectivity index (χ1v) is 6.19. The average molecular weight is 246 g/mol. The minimum atomic E-state index is 0.215. The minimum absolute atomic E-state index is 0.215. The highest BCUT2D eigenvalue weighted by molar-refractivity contribution is 8.00. The minimum Gasteiger partial charge on any atom is -0.396 e. The van der Waals surface area contributed by atoms with Gasteiger partial charge in [0.05, 0.1) is 0 Å². The molecule has 0 spiro atoms. The van der Waals surface area contributed by atoms with Gasteiger partial charge in [0.25, 0.3) is 0 Å². The molecule has 15 heavy (non-hydrogen) atoms. The highest BCUT2D eigenvalue weighted by Gasteiger charge is 2.08. The zero-order valence-electron chi connectivity index (χ0n) is 8.74. The van der Waals surface area contributed by atoms with E-state index in [0.29, 0.717) is 11.8 Å². The first kappa shape index (κ1) is 12.8. The van der Waals surface area contributed by atoms with Gasteiger partial charge < -0.3 is 10.8 Å². The molecule has 0 saturated heterocycles. The number of aliphatic hydroxyl groups excluding tert-OH is 1. The van der Waals surface area contributed by atoms with E-state index < -0.39 is 0 Å². The van der Waals surface area contributed by atoms with Gasteiger partial charge in [0.15, 0.2) is 0 Å². The third kappa shape index (κ3) is 4.03. The lowest BCUT2D eigenvalue weighted by atomic mass is 10.2. The molecule has 1 aromatic carbocycles. The molecule has 0 aliphatic heterocycles. The van der Waals surface area contributed by atoms with E-state index >= 15 is 0 Å². The molecule has 3 N–H and O–H groups in total. The van der Waals surface area contributed by atoms with Crippen molar-refractivity contribution in [2.75, 3.05) is 6.61 Å². The molecular formula is C11H16ClNOS. The van der Waals surface area contributed by atoms with Crippen LogP contribution in [0.15, 0.2) is 23.1 Å². The van der Waals surface area contributed by atoms with Crippen LogP contribution >= 0.6 is 23.4 Å². The molecule has 0 aliphatic rings. The zero-order valence-corrected chi connectivity index (χ0v) is 10.3. The van der Waals surface area contributed by atoms with Crippen LogP contribution in [-0.2, 0) is 6.54 Å². The zero-order chi connectivity index (χ0) is 11.3. The van der Waals surface area contributed by atoms with Crippen molar-refractivity contribution >= 4 is 23.4 Å². The lowest BCUT2D eigenvalue weighted by Gasteiger charge is -2.12. The lowest BCUT2D eigenvalue weighted by Crippen LogP contribution is -2.03. The third-order valence-electron chi connectivity index (χ3n) is 2.11. The van der Waals surface area contributed by atoms with Crippen LogP contribution in [0.5, 0.6) is 0 Å². The standard InChI is InChI=1S/C11H16ClNOS/c1-8(4-5-14)15-11-6-10(12)3-2-9(11)7-13/h2-3,6,8,14H,4-5,7,13H2,1H3. The SMILES string of the molecule is CC(CCO)Sc1cc(Cl)ccc1CN. The summed E-state index contributed by atoms with van der Waals surface area (Å²) < 4.78 is 0. The summed E-state index contributed by atoms with van der Waals surface area (Å²) in [6.45, 7) is 2.82. The van der Waals surface area contributed by atoms with E-state index in [4.69, 9.17) is 22.4 Å². The molecular weight excluding hydrogens is 230 g/mol. The summed E-state index contributed by atoms with van der Waals surface area (Å²) >= 11 is 7.64. The summed E-state index contributed by atoms with van der Waals surface area (Å²) in [4.78, 5) is 1.12. The topological polar surface area (TPSA) is 46.2 Å². The van der Waals surface area contributed by atoms with Gasteiger partial charge in [-0.15, -0.1) is 11.8 Å². The molecule has 1 rings (SSSR count). The van der Waals surface area contributed by atoms with Gasteiger partial charge >= 0.3 is 0 Å². The van der Waals surface area contributed by atoms with Gasteiger partial charge in [-0.2, -0.15) is 0 Å². The normalized spacial score (nSPS) is 12.8. The number of benzene rings is 1. The van der Waals surface area contributed by atoms with Crippen molar-refractivity contribution in [1.29, 1.82) is 0 Å². The summed E-state index contributed by atoms with van der Waals surface area (Å²) in [6, 6.07) is 5.74. The monoisotopic (exact) mass is 245 g/mol. The van der Waals surface area contributed by atoms with E-state index in [-0.39, 0.29) is 6.61 Å². The van der Waals surface area contributed by atoms with Crippen LogP contribution in [0, 0.1) is 0 Å². The van der Waals surface area contributed by atoms with Crippen LogP contribution < -0.4 is 5.73 Å². The van der Waals surface area contributed by atoms with E-state index in [1.54, 1.807) is 11.8 Å². The van der Waals surface area contributed by atoms with Gasteiger partial charge in [-0.25, -0.2) is 0 Å². The number of hydrogen-bond donors (Lipinski definition) is 2. The molecule has 2 nitrogen and oxygen atoms in total. The number of nitrogens with two attached hydrogens (primary N) is 1. The number of aliphatic hydroxyl groups is 1. The number of rotatable bonds is 5. The van der Waals surface area contributed by atoms with E-state index in [9.17, 15) is 0 Å². The Balaban J connectivity index is 2.77. The maximum atomic E-state index is 8.83. The largest absolute Gasteiger partial charge is 0.396 e. The first-order chi connectivity index (χ1) is 7.17. The fourth-order valence-corrected chi connectivity index (χ4v) is 2.66. The fourth-order valence-electron chi connectivity index (χ4n) is 1.26. The molecule has 4 heteroatoms. The van der Waals surface area contributed by atoms with Crippen molar-refractivity contribution < 1.29 is 5.11 Å². The molecule has 0 saturated carbocycles. The van der Waals surface area contributed by atoms with Gasteiger partial charge in [0.1, 0.15) is 0 Å². The lowest BCUT2D eigenvalue weighted by molar-refractivity contribution is 0.289. The Hall–Kier alpha value is -0.220. The maximum absolute atomic E-state index is 8.83. The summed E-state index contributed by atoms with van der Waals surface area (Å²) in [7, 11) is 0. The van der Waals surface area contributed by atoms with Crippen LogP contribution in [0.25, 0.3) is 0 Å². The molecule has 0 aromatic heterocycles. The van der Waals surface area contributed by atoms with Crippen LogP contribution in [-0.4, -0.2) is 17.0 Å². The highest BCUT2D eigenvalue weighted by atomic mass is 35.5. The smallest absolute Gasteiger partial charge is 0.0441 e. The average Bonchev–Trinajstić information content (AvgIpc) is 2.18. The molecule has 0 aliphatic carbocycles.